The van der Waals surface area contributed by atoms with Gasteiger partial charge in [0, 0.05) is 29.4 Å². The molecular formula is C23H23Cl2FN2O4. The van der Waals surface area contributed by atoms with Crippen LogP contribution in [0.1, 0.15) is 37.4 Å². The highest BCUT2D eigenvalue weighted by atomic mass is 35.5. The smallest absolute Gasteiger partial charge is 0.407 e. The number of carbonyl (C=O) groups excluding carboxylic acids is 1. The minimum absolute atomic E-state index is 0.00906. The summed E-state index contributed by atoms with van der Waals surface area (Å²) in [6.07, 6.45) is -0.935. The number of carbonyl (C=O) groups is 2. The number of carboxylic acid groups (broad SMARTS) is 1. The summed E-state index contributed by atoms with van der Waals surface area (Å²) < 4.78 is 15.3. The molecule has 2 aliphatic heterocycles. The molecule has 2 aromatic rings. The molecular weight excluding hydrogens is 458 g/mol. The van der Waals surface area contributed by atoms with Crippen LogP contribution in [0.3, 0.4) is 0 Å². The van der Waals surface area contributed by atoms with Crippen molar-refractivity contribution in [2.24, 2.45) is 11.3 Å². The lowest BCUT2D eigenvalue weighted by Gasteiger charge is -2.38. The van der Waals surface area contributed by atoms with E-state index < -0.39 is 40.6 Å². The third-order valence-electron chi connectivity index (χ3n) is 6.60. The molecule has 4 rings (SSSR count). The van der Waals surface area contributed by atoms with Crippen molar-refractivity contribution < 1.29 is 24.2 Å². The molecule has 170 valence electrons. The summed E-state index contributed by atoms with van der Waals surface area (Å²) in [7, 11) is 0. The number of hydrogen-bond donors (Lipinski definition) is 3. The van der Waals surface area contributed by atoms with Gasteiger partial charge in [0.2, 0.25) is 5.91 Å². The summed E-state index contributed by atoms with van der Waals surface area (Å²) in [5.41, 5.74) is -0.968. The molecule has 1 fully saturated rings. The third kappa shape index (κ3) is 3.34. The van der Waals surface area contributed by atoms with Gasteiger partial charge in [-0.05, 0) is 41.5 Å². The number of benzene rings is 2. The molecule has 2 aliphatic rings. The molecule has 9 heteroatoms. The number of aliphatic hydroxyl groups is 1. The van der Waals surface area contributed by atoms with E-state index in [4.69, 9.17) is 23.2 Å². The number of aliphatic hydroxyl groups excluding tert-OH is 1. The predicted molar refractivity (Wildman–Crippen MR) is 120 cm³/mol. The number of nitrogens with zero attached hydrogens (tertiary/aromatic N) is 1. The molecule has 2 amide bonds. The van der Waals surface area contributed by atoms with Crippen LogP contribution in [0.15, 0.2) is 36.4 Å². The third-order valence-corrected chi connectivity index (χ3v) is 7.13. The molecule has 0 aliphatic carbocycles. The Kier molecular flexibility index (Phi) is 5.64. The van der Waals surface area contributed by atoms with E-state index in [1.54, 1.807) is 18.2 Å². The summed E-state index contributed by atoms with van der Waals surface area (Å²) in [5.74, 6) is -1.73. The Bertz CT molecular complexity index is 1110. The Balaban J connectivity index is 2.03. The van der Waals surface area contributed by atoms with Crippen molar-refractivity contribution in [2.45, 2.75) is 31.7 Å². The lowest BCUT2D eigenvalue weighted by molar-refractivity contribution is -0.123. The number of likely N-dealkylation sites (tertiary alicyclic amines) is 1. The number of halogens is 3. The second-order valence-electron chi connectivity index (χ2n) is 9.22. The Hall–Kier alpha value is -2.35. The van der Waals surface area contributed by atoms with Crippen LogP contribution in [-0.2, 0) is 10.2 Å². The van der Waals surface area contributed by atoms with E-state index in [1.807, 2.05) is 13.8 Å². The maximum absolute atomic E-state index is 15.3. The van der Waals surface area contributed by atoms with Gasteiger partial charge in [-0.1, -0.05) is 55.2 Å². The molecule has 3 atom stereocenters. The summed E-state index contributed by atoms with van der Waals surface area (Å²) in [5, 5.41) is 23.1. The van der Waals surface area contributed by atoms with Gasteiger partial charge >= 0.3 is 6.09 Å². The molecule has 0 unspecified atom stereocenters. The van der Waals surface area contributed by atoms with Crippen molar-refractivity contribution in [3.05, 3.63) is 63.4 Å². The number of hydrogen-bond acceptors (Lipinski definition) is 3. The van der Waals surface area contributed by atoms with E-state index in [-0.39, 0.29) is 23.7 Å². The van der Waals surface area contributed by atoms with Crippen molar-refractivity contribution in [3.63, 3.8) is 0 Å². The highest BCUT2D eigenvalue weighted by molar-refractivity contribution is 6.31. The van der Waals surface area contributed by atoms with Gasteiger partial charge in [0.25, 0.3) is 0 Å². The van der Waals surface area contributed by atoms with Crippen molar-refractivity contribution in [1.82, 2.24) is 4.90 Å². The Morgan fingerprint density at radius 2 is 2.03 bits per heavy atom. The number of fused-ring (bicyclic) bond motifs is 2. The van der Waals surface area contributed by atoms with E-state index in [9.17, 15) is 19.8 Å². The highest BCUT2D eigenvalue weighted by Gasteiger charge is 2.65. The van der Waals surface area contributed by atoms with Crippen LogP contribution in [0, 0.1) is 17.2 Å². The van der Waals surface area contributed by atoms with Crippen LogP contribution < -0.4 is 5.32 Å². The molecule has 2 heterocycles. The molecule has 0 aromatic heterocycles. The van der Waals surface area contributed by atoms with Crippen LogP contribution >= 0.6 is 23.2 Å². The molecule has 0 bridgehead atoms. The standard InChI is InChI=1S/C23H23Cl2FN2O4/c1-22(2,11-29)9-12-10-28(21(31)32)19(14-4-3-5-16(25)18(14)26)23(12)15-7-6-13(24)8-17(15)27-20(23)30/h3-8,12,19,29H,9-11H2,1-2H3,(H,27,30)(H,31,32)/t12-,19-,23+/m1/s1. The van der Waals surface area contributed by atoms with Crippen molar-refractivity contribution in [2.75, 3.05) is 18.5 Å². The molecule has 0 saturated carbocycles. The first-order chi connectivity index (χ1) is 15.0. The van der Waals surface area contributed by atoms with Crippen molar-refractivity contribution in [1.29, 1.82) is 0 Å². The summed E-state index contributed by atoms with van der Waals surface area (Å²) in [4.78, 5) is 27.2. The predicted octanol–water partition coefficient (Wildman–Crippen LogP) is 5.08. The lowest BCUT2D eigenvalue weighted by atomic mass is 9.63. The van der Waals surface area contributed by atoms with Gasteiger partial charge in [0.05, 0.1) is 11.1 Å². The second kappa shape index (κ2) is 7.90. The van der Waals surface area contributed by atoms with Crippen molar-refractivity contribution >= 4 is 40.9 Å². The fourth-order valence-corrected chi connectivity index (χ4v) is 5.61. The summed E-state index contributed by atoms with van der Waals surface area (Å²) in [6, 6.07) is 8.15. The number of amides is 2. The largest absolute Gasteiger partial charge is 0.465 e. The zero-order valence-electron chi connectivity index (χ0n) is 17.5. The second-order valence-corrected chi connectivity index (χ2v) is 10.1. The number of rotatable bonds is 4. The van der Waals surface area contributed by atoms with E-state index >= 15 is 4.39 Å². The minimum Gasteiger partial charge on any atom is -0.465 e. The van der Waals surface area contributed by atoms with Gasteiger partial charge in [-0.2, -0.15) is 0 Å². The average Bonchev–Trinajstić information content (AvgIpc) is 3.20. The molecule has 6 nitrogen and oxygen atoms in total. The molecule has 3 N–H and O–H groups in total. The minimum atomic E-state index is -1.42. The van der Waals surface area contributed by atoms with E-state index in [2.05, 4.69) is 5.32 Å². The fraction of sp³-hybridized carbons (Fsp3) is 0.391. The molecule has 32 heavy (non-hydrogen) atoms. The summed E-state index contributed by atoms with van der Waals surface area (Å²) >= 11 is 12.2. The lowest BCUT2D eigenvalue weighted by Crippen LogP contribution is -2.46. The van der Waals surface area contributed by atoms with Crippen LogP contribution in [-0.4, -0.2) is 40.3 Å². The van der Waals surface area contributed by atoms with Crippen molar-refractivity contribution in [3.8, 4) is 0 Å². The summed E-state index contributed by atoms with van der Waals surface area (Å²) in [6.45, 7) is 3.52. The van der Waals surface area contributed by atoms with Gasteiger partial charge in [-0.25, -0.2) is 9.18 Å². The number of anilines is 1. The Morgan fingerprint density at radius 3 is 2.69 bits per heavy atom. The Morgan fingerprint density at radius 1 is 1.31 bits per heavy atom. The average molecular weight is 481 g/mol. The van der Waals surface area contributed by atoms with Gasteiger partial charge in [-0.3, -0.25) is 9.69 Å². The van der Waals surface area contributed by atoms with Crippen LogP contribution in [0.5, 0.6) is 0 Å². The normalized spacial score (nSPS) is 24.7. The maximum Gasteiger partial charge on any atom is 0.407 e. The van der Waals surface area contributed by atoms with E-state index in [0.29, 0.717) is 22.7 Å². The van der Waals surface area contributed by atoms with E-state index in [1.165, 1.54) is 18.2 Å². The number of nitrogens with one attached hydrogen (secondary N) is 1. The molecule has 0 radical (unpaired) electrons. The molecule has 2 aromatic carbocycles. The first kappa shape index (κ1) is 22.8. The van der Waals surface area contributed by atoms with Crippen LogP contribution in [0.4, 0.5) is 14.9 Å². The van der Waals surface area contributed by atoms with Gasteiger partial charge in [0.1, 0.15) is 11.2 Å². The SMILES string of the molecule is CC(C)(CO)C[C@@H]1CN(C(=O)O)[C@H](c2cccc(Cl)c2F)[C@]12C(=O)Nc1cc(Cl)ccc12. The monoisotopic (exact) mass is 480 g/mol. The quantitative estimate of drug-likeness (QED) is 0.568. The van der Waals surface area contributed by atoms with Crippen LogP contribution in [0.2, 0.25) is 10.0 Å². The fourth-order valence-electron chi connectivity index (χ4n) is 5.25. The van der Waals surface area contributed by atoms with Crippen LogP contribution in [0.25, 0.3) is 0 Å². The molecule has 1 spiro atoms. The zero-order valence-corrected chi connectivity index (χ0v) is 19.0. The van der Waals surface area contributed by atoms with Gasteiger partial charge in [0.15, 0.2) is 0 Å². The highest BCUT2D eigenvalue weighted by Crippen LogP contribution is 2.60. The zero-order chi connectivity index (χ0) is 23.4. The first-order valence-electron chi connectivity index (χ1n) is 10.2. The van der Waals surface area contributed by atoms with E-state index in [0.717, 1.165) is 4.90 Å². The maximum atomic E-state index is 15.3. The first-order valence-corrected chi connectivity index (χ1v) is 10.9. The van der Waals surface area contributed by atoms with Gasteiger partial charge < -0.3 is 15.5 Å². The molecule has 1 saturated heterocycles. The Labute approximate surface area is 194 Å². The van der Waals surface area contributed by atoms with Gasteiger partial charge in [-0.15, -0.1) is 0 Å². The topological polar surface area (TPSA) is 89.9 Å².